The van der Waals surface area contributed by atoms with Crippen LogP contribution in [0.4, 0.5) is 13.2 Å². The van der Waals surface area contributed by atoms with Gasteiger partial charge in [-0.05, 0) is 24.5 Å². The van der Waals surface area contributed by atoms with E-state index in [1.165, 1.54) is 6.20 Å². The normalized spacial score (nSPS) is 13.5. The van der Waals surface area contributed by atoms with Crippen LogP contribution in [-0.2, 0) is 12.6 Å². The molecule has 1 heterocycles. The molecule has 0 radical (unpaired) electrons. The van der Waals surface area contributed by atoms with Gasteiger partial charge in [0.1, 0.15) is 0 Å². The summed E-state index contributed by atoms with van der Waals surface area (Å²) >= 11 is 0.612. The topological polar surface area (TPSA) is 38.9 Å². The molecule has 0 amide bonds. The number of aryl methyl sites for hydroxylation is 1. The summed E-state index contributed by atoms with van der Waals surface area (Å²) in [6, 6.07) is 7.23. The number of alkyl halides is 3. The Hall–Kier alpha value is -1.40. The van der Waals surface area contributed by atoms with Gasteiger partial charge in [-0.2, -0.15) is 13.2 Å². The Balaban J connectivity index is 2.15. The molecule has 1 unspecified atom stereocenters. The highest BCUT2D eigenvalue weighted by Gasteiger charge is 2.35. The second-order valence-electron chi connectivity index (χ2n) is 4.30. The van der Waals surface area contributed by atoms with Crippen molar-refractivity contribution in [3.05, 3.63) is 51.5 Å². The van der Waals surface area contributed by atoms with Crippen molar-refractivity contribution in [3.63, 3.8) is 0 Å². The molecule has 0 saturated heterocycles. The van der Waals surface area contributed by atoms with E-state index < -0.39 is 17.2 Å². The maximum absolute atomic E-state index is 12.5. The Bertz CT molecular complexity index is 563. The van der Waals surface area contributed by atoms with Crippen molar-refractivity contribution in [2.45, 2.75) is 25.6 Å². The van der Waals surface area contributed by atoms with Crippen molar-refractivity contribution in [1.29, 1.82) is 0 Å². The number of rotatable bonds is 3. The number of hydrogen-bond acceptors (Lipinski definition) is 3. The number of thiazole rings is 1. The molecule has 19 heavy (non-hydrogen) atoms. The molecule has 1 atom stereocenters. The predicted octanol–water partition coefficient (Wildman–Crippen LogP) is 3.71. The first kappa shape index (κ1) is 14.0. The lowest BCUT2D eigenvalue weighted by molar-refractivity contribution is -0.137. The van der Waals surface area contributed by atoms with Crippen molar-refractivity contribution >= 4 is 11.3 Å². The summed E-state index contributed by atoms with van der Waals surface area (Å²) in [7, 11) is 0. The Morgan fingerprint density at radius 2 is 2.00 bits per heavy atom. The predicted molar refractivity (Wildman–Crippen MR) is 68.9 cm³/mol. The third-order valence-electron chi connectivity index (χ3n) is 2.83. The van der Waals surface area contributed by atoms with Crippen LogP contribution in [0.2, 0.25) is 0 Å². The molecule has 0 aliphatic rings. The van der Waals surface area contributed by atoms with Gasteiger partial charge >= 0.3 is 6.18 Å². The lowest BCUT2D eigenvalue weighted by Gasteiger charge is -2.11. The number of nitrogens with zero attached hydrogens (tertiary/aromatic N) is 1. The molecular formula is C13H13F3N2S. The minimum absolute atomic E-state index is 0.454. The van der Waals surface area contributed by atoms with E-state index >= 15 is 0 Å². The molecule has 0 saturated carbocycles. The van der Waals surface area contributed by atoms with E-state index in [9.17, 15) is 13.2 Å². The van der Waals surface area contributed by atoms with Gasteiger partial charge in [0, 0.05) is 17.1 Å². The molecule has 0 aliphatic heterocycles. The van der Waals surface area contributed by atoms with Crippen molar-refractivity contribution in [3.8, 4) is 0 Å². The fourth-order valence-electron chi connectivity index (χ4n) is 1.77. The standard InChI is InChI=1S/C13H13F3N2S/c1-8-4-2-3-5-9(8)6-10(17)11-7-18-12(19-11)13(14,15)16/h2-5,7,10H,6,17H2,1H3. The lowest BCUT2D eigenvalue weighted by atomic mass is 10.0. The third-order valence-corrected chi connectivity index (χ3v) is 4.01. The highest BCUT2D eigenvalue weighted by Crippen LogP contribution is 2.34. The summed E-state index contributed by atoms with van der Waals surface area (Å²) in [5, 5.41) is -0.845. The molecule has 1 aromatic carbocycles. The van der Waals surface area contributed by atoms with Crippen LogP contribution in [0, 0.1) is 6.92 Å². The van der Waals surface area contributed by atoms with Gasteiger partial charge in [-0.15, -0.1) is 11.3 Å². The zero-order valence-electron chi connectivity index (χ0n) is 10.2. The quantitative estimate of drug-likeness (QED) is 0.934. The van der Waals surface area contributed by atoms with Gasteiger partial charge in [-0.1, -0.05) is 24.3 Å². The summed E-state index contributed by atoms with van der Waals surface area (Å²) in [5.41, 5.74) is 8.08. The number of halogens is 3. The van der Waals surface area contributed by atoms with Gasteiger partial charge in [0.05, 0.1) is 0 Å². The van der Waals surface area contributed by atoms with Crippen molar-refractivity contribution in [1.82, 2.24) is 4.98 Å². The van der Waals surface area contributed by atoms with Crippen molar-refractivity contribution in [2.75, 3.05) is 0 Å². The van der Waals surface area contributed by atoms with E-state index in [0.29, 0.717) is 22.6 Å². The minimum Gasteiger partial charge on any atom is -0.323 e. The van der Waals surface area contributed by atoms with E-state index in [2.05, 4.69) is 4.98 Å². The van der Waals surface area contributed by atoms with Gasteiger partial charge in [-0.25, -0.2) is 4.98 Å². The minimum atomic E-state index is -4.40. The number of nitrogens with two attached hydrogens (primary N) is 1. The number of benzene rings is 1. The van der Waals surface area contributed by atoms with Crippen LogP contribution in [0.15, 0.2) is 30.5 Å². The fourth-order valence-corrected chi connectivity index (χ4v) is 2.55. The highest BCUT2D eigenvalue weighted by atomic mass is 32.1. The molecule has 2 rings (SSSR count). The number of hydrogen-bond donors (Lipinski definition) is 1. The van der Waals surface area contributed by atoms with Gasteiger partial charge in [-0.3, -0.25) is 0 Å². The molecular weight excluding hydrogens is 273 g/mol. The maximum Gasteiger partial charge on any atom is 0.443 e. The average Bonchev–Trinajstić information content (AvgIpc) is 2.81. The second-order valence-corrected chi connectivity index (χ2v) is 5.36. The SMILES string of the molecule is Cc1ccccc1CC(N)c1cnc(C(F)(F)F)s1. The molecule has 1 aromatic heterocycles. The van der Waals surface area contributed by atoms with Gasteiger partial charge in [0.2, 0.25) is 0 Å². The monoisotopic (exact) mass is 286 g/mol. The lowest BCUT2D eigenvalue weighted by Crippen LogP contribution is -2.12. The molecule has 2 aromatic rings. The zero-order valence-corrected chi connectivity index (χ0v) is 11.1. The third kappa shape index (κ3) is 3.33. The summed E-state index contributed by atoms with van der Waals surface area (Å²) in [6.45, 7) is 1.95. The van der Waals surface area contributed by atoms with E-state index in [1.807, 2.05) is 31.2 Å². The first-order valence-corrected chi connectivity index (χ1v) is 6.52. The smallest absolute Gasteiger partial charge is 0.323 e. The molecule has 6 heteroatoms. The van der Waals surface area contributed by atoms with Crippen LogP contribution >= 0.6 is 11.3 Å². The fraction of sp³-hybridized carbons (Fsp3) is 0.308. The summed E-state index contributed by atoms with van der Waals surface area (Å²) < 4.78 is 37.4. The largest absolute Gasteiger partial charge is 0.443 e. The Morgan fingerprint density at radius 3 is 2.58 bits per heavy atom. The van der Waals surface area contributed by atoms with Crippen molar-refractivity contribution < 1.29 is 13.2 Å². The van der Waals surface area contributed by atoms with E-state index in [0.717, 1.165) is 11.1 Å². The molecule has 102 valence electrons. The molecule has 0 bridgehead atoms. The van der Waals surface area contributed by atoms with Crippen LogP contribution < -0.4 is 5.73 Å². The van der Waals surface area contributed by atoms with Crippen molar-refractivity contribution in [2.24, 2.45) is 5.73 Å². The van der Waals surface area contributed by atoms with E-state index in [4.69, 9.17) is 5.73 Å². The zero-order chi connectivity index (χ0) is 14.0. The summed E-state index contributed by atoms with van der Waals surface area (Å²) in [6.07, 6.45) is -2.67. The Kier molecular flexibility index (Phi) is 3.91. The van der Waals surface area contributed by atoms with Crippen LogP contribution in [0.25, 0.3) is 0 Å². The Morgan fingerprint density at radius 1 is 1.32 bits per heavy atom. The van der Waals surface area contributed by atoms with E-state index in [1.54, 1.807) is 0 Å². The molecule has 0 aliphatic carbocycles. The molecule has 2 N–H and O–H groups in total. The maximum atomic E-state index is 12.5. The summed E-state index contributed by atoms with van der Waals surface area (Å²) in [5.74, 6) is 0. The van der Waals surface area contributed by atoms with Crippen LogP contribution in [0.5, 0.6) is 0 Å². The van der Waals surface area contributed by atoms with Crippen LogP contribution in [0.1, 0.15) is 27.1 Å². The summed E-state index contributed by atoms with van der Waals surface area (Å²) in [4.78, 5) is 3.84. The average molecular weight is 286 g/mol. The van der Waals surface area contributed by atoms with E-state index in [-0.39, 0.29) is 0 Å². The highest BCUT2D eigenvalue weighted by molar-refractivity contribution is 7.11. The second kappa shape index (κ2) is 5.30. The van der Waals surface area contributed by atoms with Gasteiger partial charge in [0.15, 0.2) is 5.01 Å². The first-order valence-electron chi connectivity index (χ1n) is 5.71. The first-order chi connectivity index (χ1) is 8.88. The van der Waals surface area contributed by atoms with Gasteiger partial charge in [0.25, 0.3) is 0 Å². The van der Waals surface area contributed by atoms with Gasteiger partial charge < -0.3 is 5.73 Å². The van der Waals surface area contributed by atoms with Crippen LogP contribution in [-0.4, -0.2) is 4.98 Å². The molecule has 0 spiro atoms. The Labute approximate surface area is 113 Å². The number of aromatic nitrogens is 1. The molecule has 2 nitrogen and oxygen atoms in total. The van der Waals surface area contributed by atoms with Crippen LogP contribution in [0.3, 0.4) is 0 Å². The molecule has 0 fully saturated rings.